The smallest absolute Gasteiger partial charge is 0.253 e. The molecule has 2 aromatic rings. The highest BCUT2D eigenvalue weighted by Gasteiger charge is 2.42. The molecule has 5 rings (SSSR count). The molecule has 1 aliphatic heterocycles. The van der Waals surface area contributed by atoms with Crippen molar-refractivity contribution in [3.8, 4) is 5.69 Å². The van der Waals surface area contributed by atoms with Gasteiger partial charge in [0.25, 0.3) is 5.91 Å². The van der Waals surface area contributed by atoms with Gasteiger partial charge in [-0.15, -0.1) is 0 Å². The number of carbonyl (C=O) groups is 1. The Morgan fingerprint density at radius 2 is 1.90 bits per heavy atom. The highest BCUT2D eigenvalue weighted by atomic mass is 32.2. The standard InChI is InChI=1S/C29H41FN4O4S/c1-29(2)16-25-27(39(36,37)17-29)21-6-5-7-24(21)34(25)19-14-22(30)26(28(31)35)23(15-19)32-18-8-10-20(11-9-18)38-13-12-33(3)4/h14-15,18,20,32H,5-13,16-17H2,1-4H3,(H2,31,35). The fourth-order valence-electron chi connectivity index (χ4n) is 6.67. The number of amides is 1. The summed E-state index contributed by atoms with van der Waals surface area (Å²) < 4.78 is 50.3. The molecule has 1 fully saturated rings. The maximum absolute atomic E-state index is 15.6. The lowest BCUT2D eigenvalue weighted by Crippen LogP contribution is -2.33. The maximum Gasteiger partial charge on any atom is 0.253 e. The predicted octanol–water partition coefficient (Wildman–Crippen LogP) is 3.86. The number of anilines is 1. The number of aromatic nitrogens is 1. The number of primary amides is 1. The zero-order valence-electron chi connectivity index (χ0n) is 23.5. The zero-order chi connectivity index (χ0) is 28.1. The number of hydrogen-bond donors (Lipinski definition) is 2. The molecule has 10 heteroatoms. The highest BCUT2D eigenvalue weighted by molar-refractivity contribution is 7.91. The van der Waals surface area contributed by atoms with Crippen LogP contribution < -0.4 is 11.1 Å². The molecule has 39 heavy (non-hydrogen) atoms. The summed E-state index contributed by atoms with van der Waals surface area (Å²) in [6, 6.07) is 3.15. The summed E-state index contributed by atoms with van der Waals surface area (Å²) >= 11 is 0. The number of sulfone groups is 1. The van der Waals surface area contributed by atoms with E-state index in [4.69, 9.17) is 10.5 Å². The number of halogens is 1. The van der Waals surface area contributed by atoms with E-state index in [0.29, 0.717) is 35.7 Å². The molecule has 0 spiro atoms. The third-order valence-corrected chi connectivity index (χ3v) is 10.6. The highest BCUT2D eigenvalue weighted by Crippen LogP contribution is 2.45. The SMILES string of the molecule is CN(C)CCOC1CCC(Nc2cc(-n3c4c(c5c3CC(C)(C)CS5(=O)=O)CCC4)cc(F)c2C(N)=O)CC1. The minimum Gasteiger partial charge on any atom is -0.382 e. The van der Waals surface area contributed by atoms with Crippen molar-refractivity contribution in [2.75, 3.05) is 38.3 Å². The fraction of sp³-hybridized carbons (Fsp3) is 0.621. The van der Waals surface area contributed by atoms with Gasteiger partial charge < -0.3 is 25.3 Å². The van der Waals surface area contributed by atoms with Crippen LogP contribution in [0, 0.1) is 11.2 Å². The van der Waals surface area contributed by atoms with Gasteiger partial charge in [-0.3, -0.25) is 4.79 Å². The van der Waals surface area contributed by atoms with E-state index in [9.17, 15) is 13.2 Å². The van der Waals surface area contributed by atoms with Crippen molar-refractivity contribution in [3.05, 3.63) is 40.5 Å². The Hall–Kier alpha value is -2.43. The van der Waals surface area contributed by atoms with Gasteiger partial charge in [0.15, 0.2) is 9.84 Å². The minimum absolute atomic E-state index is 0.0510. The summed E-state index contributed by atoms with van der Waals surface area (Å²) in [4.78, 5) is 14.9. The molecule has 0 saturated heterocycles. The molecule has 3 N–H and O–H groups in total. The quantitative estimate of drug-likeness (QED) is 0.508. The largest absolute Gasteiger partial charge is 0.382 e. The predicted molar refractivity (Wildman–Crippen MR) is 150 cm³/mol. The number of hydrogen-bond acceptors (Lipinski definition) is 6. The van der Waals surface area contributed by atoms with E-state index in [1.54, 1.807) is 6.07 Å². The third-order valence-electron chi connectivity index (χ3n) is 8.31. The number of carbonyl (C=O) groups excluding carboxylic acids is 1. The van der Waals surface area contributed by atoms with Crippen molar-refractivity contribution < 1.29 is 22.3 Å². The molecule has 3 aliphatic rings. The van der Waals surface area contributed by atoms with Crippen molar-refractivity contribution in [1.29, 1.82) is 0 Å². The molecule has 2 heterocycles. The lowest BCUT2D eigenvalue weighted by atomic mass is 9.89. The Kier molecular flexibility index (Phi) is 7.58. The summed E-state index contributed by atoms with van der Waals surface area (Å²) in [6.07, 6.45) is 6.50. The van der Waals surface area contributed by atoms with Crippen LogP contribution in [0.4, 0.5) is 10.1 Å². The monoisotopic (exact) mass is 560 g/mol. The fourth-order valence-corrected chi connectivity index (χ4v) is 9.06. The topological polar surface area (TPSA) is 107 Å². The molecule has 214 valence electrons. The lowest BCUT2D eigenvalue weighted by Gasteiger charge is -2.32. The maximum atomic E-state index is 15.6. The zero-order valence-corrected chi connectivity index (χ0v) is 24.3. The molecule has 0 atom stereocenters. The molecule has 1 aromatic carbocycles. The van der Waals surface area contributed by atoms with Crippen LogP contribution in [-0.4, -0.2) is 68.9 Å². The molecule has 8 nitrogen and oxygen atoms in total. The molecule has 0 unspecified atom stereocenters. The summed E-state index contributed by atoms with van der Waals surface area (Å²) in [5.41, 5.74) is 8.48. The van der Waals surface area contributed by atoms with Crippen LogP contribution in [0.25, 0.3) is 5.69 Å². The Bertz CT molecular complexity index is 1370. The summed E-state index contributed by atoms with van der Waals surface area (Å²) in [5, 5.41) is 3.41. The first-order chi connectivity index (χ1) is 18.4. The van der Waals surface area contributed by atoms with E-state index in [2.05, 4.69) is 10.2 Å². The number of nitrogens with two attached hydrogens (primary N) is 1. The third kappa shape index (κ3) is 5.60. The Balaban J connectivity index is 1.48. The van der Waals surface area contributed by atoms with Crippen molar-refractivity contribution in [2.45, 2.75) is 82.3 Å². The number of benzene rings is 1. The van der Waals surface area contributed by atoms with Crippen LogP contribution in [0.3, 0.4) is 0 Å². The Morgan fingerprint density at radius 3 is 2.56 bits per heavy atom. The van der Waals surface area contributed by atoms with E-state index in [0.717, 1.165) is 62.0 Å². The second-order valence-electron chi connectivity index (χ2n) is 12.5. The van der Waals surface area contributed by atoms with Crippen LogP contribution >= 0.6 is 0 Å². The summed E-state index contributed by atoms with van der Waals surface area (Å²) in [5.74, 6) is -1.42. The number of nitrogens with zero attached hydrogens (tertiary/aromatic N) is 2. The van der Waals surface area contributed by atoms with Crippen molar-refractivity contribution in [3.63, 3.8) is 0 Å². The van der Waals surface area contributed by atoms with Crippen molar-refractivity contribution >= 4 is 21.4 Å². The van der Waals surface area contributed by atoms with Gasteiger partial charge in [-0.2, -0.15) is 0 Å². The van der Waals surface area contributed by atoms with E-state index in [1.165, 1.54) is 6.07 Å². The second kappa shape index (κ2) is 10.5. The van der Waals surface area contributed by atoms with Gasteiger partial charge in [-0.05, 0) is 88.6 Å². The normalized spacial score (nSPS) is 23.4. The van der Waals surface area contributed by atoms with Gasteiger partial charge in [0, 0.05) is 24.0 Å². The lowest BCUT2D eigenvalue weighted by molar-refractivity contribution is 0.0196. The van der Waals surface area contributed by atoms with E-state index in [1.807, 2.05) is 32.5 Å². The molecule has 1 saturated carbocycles. The van der Waals surface area contributed by atoms with Crippen LogP contribution in [0.2, 0.25) is 0 Å². The van der Waals surface area contributed by atoms with Gasteiger partial charge in [-0.25, -0.2) is 12.8 Å². The first-order valence-corrected chi connectivity index (χ1v) is 15.7. The first-order valence-electron chi connectivity index (χ1n) is 14.0. The Morgan fingerprint density at radius 1 is 1.18 bits per heavy atom. The second-order valence-corrected chi connectivity index (χ2v) is 14.4. The number of fused-ring (bicyclic) bond motifs is 3. The van der Waals surface area contributed by atoms with Gasteiger partial charge in [-0.1, -0.05) is 13.8 Å². The van der Waals surface area contributed by atoms with Gasteiger partial charge in [0.2, 0.25) is 0 Å². The van der Waals surface area contributed by atoms with Crippen LogP contribution in [0.5, 0.6) is 0 Å². The minimum atomic E-state index is -3.46. The average molecular weight is 561 g/mol. The molecule has 2 aliphatic carbocycles. The Labute approximate surface area is 231 Å². The first kappa shape index (κ1) is 28.1. The number of nitrogens with one attached hydrogen (secondary N) is 1. The van der Waals surface area contributed by atoms with E-state index < -0.39 is 27.0 Å². The number of likely N-dealkylation sites (N-methyl/N-ethyl adjacent to an activating group) is 1. The molecular formula is C29H41FN4O4S. The van der Waals surface area contributed by atoms with Crippen molar-refractivity contribution in [2.24, 2.45) is 11.1 Å². The van der Waals surface area contributed by atoms with E-state index >= 15 is 4.39 Å². The van der Waals surface area contributed by atoms with Crippen LogP contribution in [0.15, 0.2) is 17.0 Å². The molecule has 0 radical (unpaired) electrons. The van der Waals surface area contributed by atoms with E-state index in [-0.39, 0.29) is 23.5 Å². The summed E-state index contributed by atoms with van der Waals surface area (Å²) in [6.45, 7) is 5.48. The van der Waals surface area contributed by atoms with Crippen molar-refractivity contribution in [1.82, 2.24) is 9.47 Å². The van der Waals surface area contributed by atoms with Gasteiger partial charge >= 0.3 is 0 Å². The number of rotatable bonds is 8. The van der Waals surface area contributed by atoms with Gasteiger partial charge in [0.05, 0.1) is 40.3 Å². The van der Waals surface area contributed by atoms with Gasteiger partial charge in [0.1, 0.15) is 5.82 Å². The van der Waals surface area contributed by atoms with Crippen LogP contribution in [-0.2, 0) is 33.8 Å². The molecule has 1 amide bonds. The molecule has 1 aromatic heterocycles. The molecule has 0 bridgehead atoms. The van der Waals surface area contributed by atoms with Crippen LogP contribution in [0.1, 0.15) is 73.3 Å². The average Bonchev–Trinajstić information content (AvgIpc) is 3.38. The molecular weight excluding hydrogens is 519 g/mol. The number of ether oxygens (including phenoxy) is 1. The summed E-state index contributed by atoms with van der Waals surface area (Å²) in [7, 11) is 0.576.